The zero-order valence-electron chi connectivity index (χ0n) is 12.3. The van der Waals surface area contributed by atoms with Crippen LogP contribution in [-0.4, -0.2) is 36.1 Å². The molecule has 0 radical (unpaired) electrons. The van der Waals surface area contributed by atoms with Gasteiger partial charge in [0.05, 0.1) is 0 Å². The second-order valence-electron chi connectivity index (χ2n) is 5.34. The lowest BCUT2D eigenvalue weighted by Crippen LogP contribution is -2.35. The first-order valence-electron chi connectivity index (χ1n) is 6.99. The van der Waals surface area contributed by atoms with Gasteiger partial charge in [-0.2, -0.15) is 0 Å². The van der Waals surface area contributed by atoms with E-state index in [1.807, 2.05) is 19.1 Å². The summed E-state index contributed by atoms with van der Waals surface area (Å²) in [5.74, 6) is -0.941. The van der Waals surface area contributed by atoms with Crippen molar-refractivity contribution < 1.29 is 14.7 Å². The molecule has 1 aromatic carbocycles. The maximum atomic E-state index is 11.1. The van der Waals surface area contributed by atoms with Crippen LogP contribution in [-0.2, 0) is 9.59 Å². The van der Waals surface area contributed by atoms with E-state index in [1.54, 1.807) is 6.08 Å². The summed E-state index contributed by atoms with van der Waals surface area (Å²) in [4.78, 5) is 23.9. The third kappa shape index (κ3) is 4.08. The summed E-state index contributed by atoms with van der Waals surface area (Å²) in [6.07, 6.45) is 3.69. The molecule has 2 N–H and O–H groups in total. The molecule has 1 atom stereocenters. The number of aliphatic carboxylic acids is 1. The molecule has 1 aliphatic rings. The van der Waals surface area contributed by atoms with E-state index in [0.717, 1.165) is 42.4 Å². The number of hydrogen-bond acceptors (Lipinski definition) is 3. The van der Waals surface area contributed by atoms with Crippen molar-refractivity contribution in [2.24, 2.45) is 0 Å². The van der Waals surface area contributed by atoms with E-state index in [1.165, 1.54) is 6.92 Å². The van der Waals surface area contributed by atoms with Gasteiger partial charge in [-0.3, -0.25) is 4.79 Å². The molecule has 1 heterocycles. The van der Waals surface area contributed by atoms with Crippen molar-refractivity contribution in [3.8, 4) is 0 Å². The Balaban J connectivity index is 2.07. The first-order chi connectivity index (χ1) is 9.95. The van der Waals surface area contributed by atoms with Crippen molar-refractivity contribution in [3.63, 3.8) is 0 Å². The maximum absolute atomic E-state index is 11.1. The molecule has 0 saturated carbocycles. The van der Waals surface area contributed by atoms with Crippen LogP contribution in [0.25, 0.3) is 6.08 Å². The Morgan fingerprint density at radius 2 is 2.19 bits per heavy atom. The van der Waals surface area contributed by atoms with Crippen molar-refractivity contribution >= 4 is 23.6 Å². The van der Waals surface area contributed by atoms with E-state index >= 15 is 0 Å². The molecule has 5 nitrogen and oxygen atoms in total. The van der Waals surface area contributed by atoms with Crippen LogP contribution in [0.4, 0.5) is 5.69 Å². The molecule has 0 aromatic heterocycles. The molecule has 1 aliphatic heterocycles. The Bertz CT molecular complexity index is 581. The Morgan fingerprint density at radius 1 is 1.43 bits per heavy atom. The van der Waals surface area contributed by atoms with Gasteiger partial charge in [0.25, 0.3) is 0 Å². The fourth-order valence-corrected chi connectivity index (χ4v) is 2.60. The number of carboxylic acid groups (broad SMARTS) is 1. The third-order valence-electron chi connectivity index (χ3n) is 3.62. The van der Waals surface area contributed by atoms with Gasteiger partial charge in [-0.1, -0.05) is 6.07 Å². The fourth-order valence-electron chi connectivity index (χ4n) is 2.60. The number of nitrogens with one attached hydrogen (secondary N) is 1. The van der Waals surface area contributed by atoms with Crippen LogP contribution < -0.4 is 10.2 Å². The lowest BCUT2D eigenvalue weighted by Gasteiger charge is -2.20. The minimum atomic E-state index is -0.948. The van der Waals surface area contributed by atoms with E-state index < -0.39 is 5.97 Å². The molecule has 2 rings (SSSR count). The van der Waals surface area contributed by atoms with Gasteiger partial charge in [-0.15, -0.1) is 0 Å². The van der Waals surface area contributed by atoms with Crippen molar-refractivity contribution in [1.82, 2.24) is 5.32 Å². The molecule has 1 saturated heterocycles. The van der Waals surface area contributed by atoms with Crippen LogP contribution in [0, 0.1) is 6.92 Å². The summed E-state index contributed by atoms with van der Waals surface area (Å²) in [5.41, 5.74) is 3.04. The minimum absolute atomic E-state index is 0.00665. The second-order valence-corrected chi connectivity index (χ2v) is 5.34. The summed E-state index contributed by atoms with van der Waals surface area (Å²) >= 11 is 0. The SMILES string of the molecule is CC(=O)NC1CCN(c2ccc(/C=C/C(=O)O)c(C)c2)C1. The van der Waals surface area contributed by atoms with Crippen LogP contribution in [0.3, 0.4) is 0 Å². The maximum Gasteiger partial charge on any atom is 0.328 e. The van der Waals surface area contributed by atoms with E-state index in [0.29, 0.717) is 0 Å². The van der Waals surface area contributed by atoms with Gasteiger partial charge in [0.1, 0.15) is 0 Å². The summed E-state index contributed by atoms with van der Waals surface area (Å²) in [7, 11) is 0. The molecule has 1 aromatic rings. The monoisotopic (exact) mass is 288 g/mol. The largest absolute Gasteiger partial charge is 0.478 e. The highest BCUT2D eigenvalue weighted by molar-refractivity contribution is 5.85. The van der Waals surface area contributed by atoms with Gasteiger partial charge >= 0.3 is 5.97 Å². The number of carbonyl (C=O) groups is 2. The molecule has 1 unspecified atom stereocenters. The highest BCUT2D eigenvalue weighted by Crippen LogP contribution is 2.24. The Labute approximate surface area is 124 Å². The molecular formula is C16H20N2O3. The summed E-state index contributed by atoms with van der Waals surface area (Å²) < 4.78 is 0. The summed E-state index contributed by atoms with van der Waals surface area (Å²) in [6.45, 7) is 5.22. The van der Waals surface area contributed by atoms with Crippen LogP contribution in [0.15, 0.2) is 24.3 Å². The third-order valence-corrected chi connectivity index (χ3v) is 3.62. The average Bonchev–Trinajstić information content (AvgIpc) is 2.84. The summed E-state index contributed by atoms with van der Waals surface area (Å²) in [5, 5.41) is 11.6. The second kappa shape index (κ2) is 6.43. The van der Waals surface area contributed by atoms with Crippen molar-refractivity contribution in [2.75, 3.05) is 18.0 Å². The summed E-state index contributed by atoms with van der Waals surface area (Å²) in [6, 6.07) is 6.17. The molecule has 1 amide bonds. The number of rotatable bonds is 4. The number of anilines is 1. The number of carbonyl (C=O) groups excluding carboxylic acids is 1. The highest BCUT2D eigenvalue weighted by atomic mass is 16.4. The van der Waals surface area contributed by atoms with E-state index in [-0.39, 0.29) is 11.9 Å². The van der Waals surface area contributed by atoms with Crippen molar-refractivity contribution in [2.45, 2.75) is 26.3 Å². The van der Waals surface area contributed by atoms with Gasteiger partial charge < -0.3 is 15.3 Å². The number of carboxylic acids is 1. The van der Waals surface area contributed by atoms with Gasteiger partial charge in [0.15, 0.2) is 0 Å². The van der Waals surface area contributed by atoms with Gasteiger partial charge in [0, 0.05) is 37.8 Å². The molecule has 0 aliphatic carbocycles. The fraction of sp³-hybridized carbons (Fsp3) is 0.375. The zero-order chi connectivity index (χ0) is 15.4. The average molecular weight is 288 g/mol. The van der Waals surface area contributed by atoms with E-state index in [2.05, 4.69) is 16.3 Å². The lowest BCUT2D eigenvalue weighted by molar-refractivity contribution is -0.131. The molecular weight excluding hydrogens is 268 g/mol. The zero-order valence-corrected chi connectivity index (χ0v) is 12.3. The highest BCUT2D eigenvalue weighted by Gasteiger charge is 2.23. The number of aryl methyl sites for hydroxylation is 1. The molecule has 21 heavy (non-hydrogen) atoms. The quantitative estimate of drug-likeness (QED) is 0.829. The molecule has 0 spiro atoms. The normalized spacial score (nSPS) is 18.2. The van der Waals surface area contributed by atoms with Crippen LogP contribution in [0.2, 0.25) is 0 Å². The molecule has 112 valence electrons. The minimum Gasteiger partial charge on any atom is -0.478 e. The number of hydrogen-bond donors (Lipinski definition) is 2. The van der Waals surface area contributed by atoms with E-state index in [4.69, 9.17) is 5.11 Å². The smallest absolute Gasteiger partial charge is 0.328 e. The molecule has 1 fully saturated rings. The van der Waals surface area contributed by atoms with Gasteiger partial charge in [-0.25, -0.2) is 4.79 Å². The molecule has 0 bridgehead atoms. The van der Waals surface area contributed by atoms with Gasteiger partial charge in [0.2, 0.25) is 5.91 Å². The predicted octanol–water partition coefficient (Wildman–Crippen LogP) is 1.81. The van der Waals surface area contributed by atoms with Crippen LogP contribution >= 0.6 is 0 Å². The first kappa shape index (κ1) is 15.1. The van der Waals surface area contributed by atoms with Gasteiger partial charge in [-0.05, 0) is 42.7 Å². The number of nitrogens with zero attached hydrogens (tertiary/aromatic N) is 1. The van der Waals surface area contributed by atoms with E-state index in [9.17, 15) is 9.59 Å². The first-order valence-corrected chi connectivity index (χ1v) is 6.99. The number of benzene rings is 1. The predicted molar refractivity (Wildman–Crippen MR) is 82.3 cm³/mol. The van der Waals surface area contributed by atoms with Crippen LogP contribution in [0.1, 0.15) is 24.5 Å². The topological polar surface area (TPSA) is 69.6 Å². The Hall–Kier alpha value is -2.30. The lowest BCUT2D eigenvalue weighted by atomic mass is 10.1. The van der Waals surface area contributed by atoms with Crippen molar-refractivity contribution in [3.05, 3.63) is 35.4 Å². The van der Waals surface area contributed by atoms with Crippen molar-refractivity contribution in [1.29, 1.82) is 0 Å². The van der Waals surface area contributed by atoms with Crippen LogP contribution in [0.5, 0.6) is 0 Å². The number of amides is 1. The Morgan fingerprint density at radius 3 is 2.81 bits per heavy atom. The standard InChI is InChI=1S/C16H20N2O3/c1-11-9-15(5-3-13(11)4-6-16(20)21)18-8-7-14(10-18)17-12(2)19/h3-6,9,14H,7-8,10H2,1-2H3,(H,17,19)(H,20,21)/b6-4+. The molecule has 5 heteroatoms. The Kier molecular flexibility index (Phi) is 4.62.